The molecule has 3 heterocycles. The summed E-state index contributed by atoms with van der Waals surface area (Å²) >= 11 is 0. The van der Waals surface area contributed by atoms with Crippen LogP contribution in [0.2, 0.25) is 0 Å². The van der Waals surface area contributed by atoms with Gasteiger partial charge in [0.2, 0.25) is 11.2 Å². The minimum atomic E-state index is -0.692. The van der Waals surface area contributed by atoms with Crippen LogP contribution in [0.3, 0.4) is 0 Å². The second-order valence-electron chi connectivity index (χ2n) is 7.19. The van der Waals surface area contributed by atoms with Crippen LogP contribution in [0.25, 0.3) is 33.0 Å². The number of furan rings is 1. The average molecular weight is 397 g/mol. The van der Waals surface area contributed by atoms with Crippen LogP contribution in [0, 0.1) is 0 Å². The van der Waals surface area contributed by atoms with Crippen LogP contribution < -0.4 is 11.0 Å². The number of ketones is 2. The van der Waals surface area contributed by atoms with E-state index in [9.17, 15) is 19.2 Å². The topological polar surface area (TPSA) is 99.5 Å². The third-order valence-electron chi connectivity index (χ3n) is 5.63. The van der Waals surface area contributed by atoms with E-state index < -0.39 is 22.6 Å². The summed E-state index contributed by atoms with van der Waals surface area (Å²) in [5.74, 6) is -1.51. The molecule has 144 valence electrons. The normalized spacial score (nSPS) is 13.2. The number of aromatic nitrogens is 1. The zero-order valence-corrected chi connectivity index (χ0v) is 15.5. The molecule has 0 radical (unpaired) electrons. The van der Waals surface area contributed by atoms with Gasteiger partial charge in [0.1, 0.15) is 10.8 Å². The summed E-state index contributed by atoms with van der Waals surface area (Å²) < 4.78 is 12.8. The van der Waals surface area contributed by atoms with Crippen molar-refractivity contribution in [1.82, 2.24) is 4.57 Å². The number of fused-ring (bicyclic) bond motifs is 7. The molecule has 0 fully saturated rings. The van der Waals surface area contributed by atoms with Crippen molar-refractivity contribution in [1.29, 1.82) is 0 Å². The maximum Gasteiger partial charge on any atom is 0.303 e. The first-order chi connectivity index (χ1) is 14.5. The van der Waals surface area contributed by atoms with Gasteiger partial charge in [-0.05, 0) is 12.1 Å². The van der Waals surface area contributed by atoms with Crippen molar-refractivity contribution in [2.24, 2.45) is 7.05 Å². The highest BCUT2D eigenvalue weighted by Crippen LogP contribution is 2.35. The van der Waals surface area contributed by atoms with Crippen molar-refractivity contribution in [2.45, 2.75) is 0 Å². The number of carbonyl (C=O) groups is 2. The van der Waals surface area contributed by atoms with Gasteiger partial charge >= 0.3 is 5.78 Å². The fraction of sp³-hybridized carbons (Fsp3) is 0.0435. The van der Waals surface area contributed by atoms with Crippen molar-refractivity contribution >= 4 is 44.6 Å². The summed E-state index contributed by atoms with van der Waals surface area (Å²) in [6, 6.07) is 13.3. The van der Waals surface area contributed by atoms with Crippen LogP contribution in [-0.4, -0.2) is 16.1 Å². The van der Waals surface area contributed by atoms with E-state index in [1.54, 1.807) is 43.4 Å². The maximum atomic E-state index is 13.4. The van der Waals surface area contributed by atoms with Gasteiger partial charge in [-0.3, -0.25) is 19.2 Å². The second-order valence-corrected chi connectivity index (χ2v) is 7.19. The lowest BCUT2D eigenvalue weighted by atomic mass is 9.87. The molecule has 7 nitrogen and oxygen atoms in total. The van der Waals surface area contributed by atoms with Crippen LogP contribution in [0.15, 0.2) is 67.0 Å². The highest BCUT2D eigenvalue weighted by Gasteiger charge is 2.37. The Morgan fingerprint density at radius 1 is 0.767 bits per heavy atom. The van der Waals surface area contributed by atoms with Gasteiger partial charge in [-0.1, -0.05) is 36.4 Å². The van der Waals surface area contributed by atoms with E-state index in [-0.39, 0.29) is 44.6 Å². The lowest BCUT2D eigenvalue weighted by Crippen LogP contribution is -2.24. The lowest BCUT2D eigenvalue weighted by Gasteiger charge is -2.12. The number of carbonyl (C=O) groups excluding carboxylic acids is 2. The van der Waals surface area contributed by atoms with Gasteiger partial charge in [-0.2, -0.15) is 0 Å². The van der Waals surface area contributed by atoms with E-state index in [0.29, 0.717) is 10.9 Å². The molecule has 0 N–H and O–H groups in total. The monoisotopic (exact) mass is 397 g/mol. The molecule has 0 saturated carbocycles. The zero-order valence-electron chi connectivity index (χ0n) is 15.5. The predicted octanol–water partition coefficient (Wildman–Crippen LogP) is 3.17. The number of rotatable bonds is 0. The summed E-state index contributed by atoms with van der Waals surface area (Å²) in [4.78, 5) is 52.4. The molecule has 3 aromatic heterocycles. The number of hydrogen-bond acceptors (Lipinski definition) is 6. The SMILES string of the molecule is Cn1c(=O)c2c(=O)c3c4c(oc3oc2c2ccccc21)C(=O)c1ccccc1C4=O. The van der Waals surface area contributed by atoms with E-state index in [4.69, 9.17) is 8.83 Å². The molecular formula is C23H11NO6. The highest BCUT2D eigenvalue weighted by atomic mass is 16.5. The van der Waals surface area contributed by atoms with Crippen LogP contribution in [0.4, 0.5) is 0 Å². The number of pyridine rings is 1. The van der Waals surface area contributed by atoms with Gasteiger partial charge in [0.05, 0.1) is 11.1 Å². The van der Waals surface area contributed by atoms with E-state index >= 15 is 0 Å². The molecule has 0 amide bonds. The Hall–Kier alpha value is -4.26. The van der Waals surface area contributed by atoms with E-state index in [1.807, 2.05) is 0 Å². The van der Waals surface area contributed by atoms with Crippen molar-refractivity contribution in [2.75, 3.05) is 0 Å². The Kier molecular flexibility index (Phi) is 3.01. The quantitative estimate of drug-likeness (QED) is 0.365. The minimum absolute atomic E-state index is 0.0645. The Morgan fingerprint density at radius 2 is 1.43 bits per heavy atom. The molecule has 0 saturated heterocycles. The summed E-state index contributed by atoms with van der Waals surface area (Å²) in [6.07, 6.45) is 0. The van der Waals surface area contributed by atoms with Crippen molar-refractivity contribution < 1.29 is 18.4 Å². The molecule has 0 unspecified atom stereocenters. The average Bonchev–Trinajstić information content (AvgIpc) is 3.16. The molecule has 6 rings (SSSR count). The zero-order chi connectivity index (χ0) is 20.7. The Labute approximate surface area is 166 Å². The van der Waals surface area contributed by atoms with Gasteiger partial charge < -0.3 is 13.4 Å². The van der Waals surface area contributed by atoms with Crippen molar-refractivity contribution in [3.05, 3.63) is 91.6 Å². The van der Waals surface area contributed by atoms with Crippen LogP contribution in [-0.2, 0) is 7.05 Å². The summed E-state index contributed by atoms with van der Waals surface area (Å²) in [6.45, 7) is 0. The molecule has 7 heteroatoms. The van der Waals surface area contributed by atoms with E-state index in [0.717, 1.165) is 0 Å². The highest BCUT2D eigenvalue weighted by molar-refractivity contribution is 6.31. The minimum Gasteiger partial charge on any atom is -0.424 e. The molecule has 0 aliphatic heterocycles. The smallest absolute Gasteiger partial charge is 0.303 e. The molecule has 1 aliphatic rings. The van der Waals surface area contributed by atoms with Gasteiger partial charge in [-0.25, -0.2) is 0 Å². The van der Waals surface area contributed by atoms with Crippen molar-refractivity contribution in [3.63, 3.8) is 0 Å². The van der Waals surface area contributed by atoms with E-state index in [2.05, 4.69) is 0 Å². The summed E-state index contributed by atoms with van der Waals surface area (Å²) in [7, 11) is 1.56. The molecule has 30 heavy (non-hydrogen) atoms. The summed E-state index contributed by atoms with van der Waals surface area (Å²) in [5.41, 5.74) is -0.369. The van der Waals surface area contributed by atoms with Gasteiger partial charge in [0, 0.05) is 23.6 Å². The standard InChI is InChI=1S/C23H11NO6/c1-24-13-9-5-4-8-12(13)20-16(22(24)28)19(27)15-14-17(25)10-6-2-3-7-11(10)18(26)21(14)30-23(15)29-20/h2-9H,1H3. The Bertz CT molecular complexity index is 1730. The predicted molar refractivity (Wildman–Crippen MR) is 108 cm³/mol. The third kappa shape index (κ3) is 1.84. The van der Waals surface area contributed by atoms with Gasteiger partial charge in [-0.15, -0.1) is 0 Å². The maximum absolute atomic E-state index is 13.4. The lowest BCUT2D eigenvalue weighted by molar-refractivity contribution is 0.0961. The number of hydrogen-bond donors (Lipinski definition) is 0. The van der Waals surface area contributed by atoms with Crippen LogP contribution in [0.5, 0.6) is 0 Å². The van der Waals surface area contributed by atoms with Gasteiger partial charge in [0.15, 0.2) is 17.1 Å². The van der Waals surface area contributed by atoms with Crippen LogP contribution in [0.1, 0.15) is 32.0 Å². The number of nitrogens with zero attached hydrogens (tertiary/aromatic N) is 1. The third-order valence-corrected chi connectivity index (χ3v) is 5.63. The Balaban J connectivity index is 1.85. The van der Waals surface area contributed by atoms with Crippen LogP contribution >= 0.6 is 0 Å². The number of para-hydroxylation sites is 1. The molecule has 0 bridgehead atoms. The molecule has 0 atom stereocenters. The first-order valence-corrected chi connectivity index (χ1v) is 9.18. The summed E-state index contributed by atoms with van der Waals surface area (Å²) in [5, 5.41) is 0.174. The second kappa shape index (κ2) is 5.42. The van der Waals surface area contributed by atoms with Gasteiger partial charge in [0.25, 0.3) is 5.56 Å². The fourth-order valence-electron chi connectivity index (χ4n) is 4.19. The first kappa shape index (κ1) is 16.7. The number of aryl methyl sites for hydroxylation is 1. The largest absolute Gasteiger partial charge is 0.424 e. The molecule has 5 aromatic rings. The molecule has 0 spiro atoms. The van der Waals surface area contributed by atoms with E-state index in [1.165, 1.54) is 16.7 Å². The van der Waals surface area contributed by atoms with Crippen molar-refractivity contribution in [3.8, 4) is 0 Å². The molecular weight excluding hydrogens is 386 g/mol. The Morgan fingerprint density at radius 3 is 2.20 bits per heavy atom. The number of benzene rings is 2. The fourth-order valence-corrected chi connectivity index (χ4v) is 4.19. The first-order valence-electron chi connectivity index (χ1n) is 9.18. The molecule has 2 aromatic carbocycles. The molecule has 1 aliphatic carbocycles.